The maximum atomic E-state index is 4.48. The van der Waals surface area contributed by atoms with E-state index in [9.17, 15) is 0 Å². The molecule has 0 aliphatic heterocycles. The first-order valence-corrected chi connectivity index (χ1v) is 12.2. The van der Waals surface area contributed by atoms with Crippen molar-refractivity contribution in [3.05, 3.63) is 6.33 Å². The summed E-state index contributed by atoms with van der Waals surface area (Å²) in [5.41, 5.74) is 0. The van der Waals surface area contributed by atoms with Crippen LogP contribution in [0.1, 0.15) is 41.5 Å². The minimum atomic E-state index is -2.44. The second-order valence-electron chi connectivity index (χ2n) is 5.23. The Balaban J connectivity index is 3.27. The Morgan fingerprint density at radius 3 is 1.73 bits per heavy atom. The molecular weight excluding hydrogens is 293 g/mol. The Hall–Kier alpha value is -0.0613. The number of H-pyrrole nitrogens is 1. The van der Waals surface area contributed by atoms with Gasteiger partial charge in [-0.05, 0) is 0 Å². The van der Waals surface area contributed by atoms with Crippen LogP contribution in [0.2, 0.25) is 11.8 Å². The third-order valence-electron chi connectivity index (χ3n) is 3.69. The first kappa shape index (κ1) is 13.0. The molecule has 0 spiro atoms. The zero-order chi connectivity index (χ0) is 11.6. The molecule has 0 saturated carbocycles. The molecule has 1 heterocycles. The van der Waals surface area contributed by atoms with Gasteiger partial charge in [-0.15, -0.1) is 0 Å². The van der Waals surface area contributed by atoms with E-state index >= 15 is 0 Å². The Morgan fingerprint density at radius 2 is 1.47 bits per heavy atom. The fourth-order valence-electron chi connectivity index (χ4n) is 3.23. The van der Waals surface area contributed by atoms with Crippen molar-refractivity contribution in [1.82, 2.24) is 15.2 Å². The Bertz CT molecular complexity index is 269. The first-order valence-electron chi connectivity index (χ1n) is 5.79. The molecule has 0 fully saturated rings. The monoisotopic (exact) mass is 317 g/mol. The van der Waals surface area contributed by atoms with Gasteiger partial charge in [0.2, 0.25) is 0 Å². The number of hydrogen-bond acceptors (Lipinski definition) is 2. The van der Waals surface area contributed by atoms with Crippen LogP contribution in [0.3, 0.4) is 0 Å². The van der Waals surface area contributed by atoms with Crippen LogP contribution in [-0.2, 0) is 0 Å². The van der Waals surface area contributed by atoms with Crippen LogP contribution in [0.15, 0.2) is 6.33 Å². The number of hydrogen-bond donors (Lipinski definition) is 1. The van der Waals surface area contributed by atoms with Gasteiger partial charge in [0.15, 0.2) is 0 Å². The zero-order valence-electron chi connectivity index (χ0n) is 10.7. The van der Waals surface area contributed by atoms with Crippen molar-refractivity contribution in [1.29, 1.82) is 0 Å². The van der Waals surface area contributed by atoms with Gasteiger partial charge in [0.1, 0.15) is 0 Å². The van der Waals surface area contributed by atoms with E-state index in [1.165, 1.54) is 3.84 Å². The van der Waals surface area contributed by atoms with Crippen LogP contribution >= 0.6 is 0 Å². The average Bonchev–Trinajstić information content (AvgIpc) is 2.55. The standard InChI is InChI=1S/3C3H7.C2H2N3.Sn/c3*1-3-2;1-3-2-5-4-1;/h3*3H,1-2H3;1H,(H,3,4,5);. The number of rotatable bonds is 4. The molecule has 1 rings (SSSR count). The van der Waals surface area contributed by atoms with Gasteiger partial charge in [-0.3, -0.25) is 0 Å². The molecule has 3 nitrogen and oxygen atoms in total. The van der Waals surface area contributed by atoms with E-state index in [-0.39, 0.29) is 0 Å². The molecule has 15 heavy (non-hydrogen) atoms. The third kappa shape index (κ3) is 2.08. The molecule has 1 N–H and O–H groups in total. The van der Waals surface area contributed by atoms with Crippen molar-refractivity contribution >= 4 is 22.2 Å². The van der Waals surface area contributed by atoms with Crippen molar-refractivity contribution in [2.75, 3.05) is 0 Å². The van der Waals surface area contributed by atoms with E-state index in [1.807, 2.05) is 0 Å². The maximum absolute atomic E-state index is 4.48. The van der Waals surface area contributed by atoms with E-state index in [0.29, 0.717) is 0 Å². The molecule has 0 aliphatic rings. The predicted molar refractivity (Wildman–Crippen MR) is 67.1 cm³/mol. The summed E-state index contributed by atoms with van der Waals surface area (Å²) in [5.74, 6) is 0. The molecule has 1 aromatic rings. The summed E-state index contributed by atoms with van der Waals surface area (Å²) >= 11 is -2.44. The van der Waals surface area contributed by atoms with E-state index in [1.54, 1.807) is 6.33 Å². The topological polar surface area (TPSA) is 41.6 Å². The molecule has 0 unspecified atom stereocenters. The number of aromatic amines is 1. The van der Waals surface area contributed by atoms with Gasteiger partial charge >= 0.3 is 97.1 Å². The summed E-state index contributed by atoms with van der Waals surface area (Å²) in [4.78, 5) is 4.48. The van der Waals surface area contributed by atoms with Crippen molar-refractivity contribution in [2.45, 2.75) is 53.3 Å². The van der Waals surface area contributed by atoms with Crippen molar-refractivity contribution < 1.29 is 0 Å². The van der Waals surface area contributed by atoms with Gasteiger partial charge in [0.25, 0.3) is 0 Å². The fourth-order valence-corrected chi connectivity index (χ4v) is 20.9. The van der Waals surface area contributed by atoms with E-state index in [4.69, 9.17) is 0 Å². The Morgan fingerprint density at radius 1 is 1.00 bits per heavy atom. The van der Waals surface area contributed by atoms with E-state index in [2.05, 4.69) is 56.7 Å². The second-order valence-corrected chi connectivity index (χ2v) is 21.8. The molecule has 0 atom stereocenters. The average molecular weight is 316 g/mol. The van der Waals surface area contributed by atoms with Gasteiger partial charge in [0.05, 0.1) is 0 Å². The van der Waals surface area contributed by atoms with Crippen molar-refractivity contribution in [2.24, 2.45) is 0 Å². The summed E-state index contributed by atoms with van der Waals surface area (Å²) in [6.07, 6.45) is 1.66. The Kier molecular flexibility index (Phi) is 4.20. The normalized spacial score (nSPS) is 13.1. The summed E-state index contributed by atoms with van der Waals surface area (Å²) in [5, 5.41) is 7.21. The second kappa shape index (κ2) is 4.85. The van der Waals surface area contributed by atoms with Crippen LogP contribution in [-0.4, -0.2) is 33.6 Å². The van der Waals surface area contributed by atoms with E-state index in [0.717, 1.165) is 11.8 Å². The Labute approximate surface area is 97.0 Å². The summed E-state index contributed by atoms with van der Waals surface area (Å²) in [7, 11) is 0. The summed E-state index contributed by atoms with van der Waals surface area (Å²) in [6.45, 7) is 14.2. The minimum absolute atomic E-state index is 0.757. The van der Waals surface area contributed by atoms with Crippen molar-refractivity contribution in [3.8, 4) is 0 Å². The molecule has 1 aromatic heterocycles. The molecular formula is C11H23N3Sn. The molecule has 0 radical (unpaired) electrons. The van der Waals surface area contributed by atoms with Gasteiger partial charge in [-0.25, -0.2) is 0 Å². The quantitative estimate of drug-likeness (QED) is 0.868. The number of nitrogens with one attached hydrogen (secondary N) is 1. The third-order valence-corrected chi connectivity index (χ3v) is 23.1. The van der Waals surface area contributed by atoms with Crippen LogP contribution in [0.25, 0.3) is 0 Å². The zero-order valence-corrected chi connectivity index (χ0v) is 13.6. The van der Waals surface area contributed by atoms with Crippen molar-refractivity contribution in [3.63, 3.8) is 0 Å². The molecule has 0 bridgehead atoms. The summed E-state index contributed by atoms with van der Waals surface area (Å²) < 4.78 is 3.51. The van der Waals surface area contributed by atoms with Crippen LogP contribution < -0.4 is 3.84 Å². The van der Waals surface area contributed by atoms with Gasteiger partial charge in [0, 0.05) is 0 Å². The first-order chi connectivity index (χ1) is 6.94. The molecule has 0 aromatic carbocycles. The summed E-state index contributed by atoms with van der Waals surface area (Å²) in [6, 6.07) is 0. The van der Waals surface area contributed by atoms with Gasteiger partial charge in [-0.2, -0.15) is 0 Å². The molecule has 0 amide bonds. The number of aromatic nitrogens is 3. The SMILES string of the molecule is C[CH](C)[Sn]([c]1ncn[nH]1)([CH](C)C)[CH](C)C. The molecule has 0 aliphatic carbocycles. The molecule has 0 saturated heterocycles. The molecule has 4 heteroatoms. The van der Waals surface area contributed by atoms with Crippen LogP contribution in [0.5, 0.6) is 0 Å². The molecule has 86 valence electrons. The predicted octanol–water partition coefficient (Wildman–Crippen LogP) is 2.69. The van der Waals surface area contributed by atoms with Gasteiger partial charge in [-0.1, -0.05) is 0 Å². The van der Waals surface area contributed by atoms with Crippen LogP contribution in [0, 0.1) is 0 Å². The van der Waals surface area contributed by atoms with Crippen LogP contribution in [0.4, 0.5) is 0 Å². The van der Waals surface area contributed by atoms with Gasteiger partial charge < -0.3 is 0 Å². The number of nitrogens with zero attached hydrogens (tertiary/aromatic N) is 2. The van der Waals surface area contributed by atoms with E-state index < -0.39 is 18.4 Å². The fraction of sp³-hybridized carbons (Fsp3) is 0.818.